The molecule has 0 radical (unpaired) electrons. The lowest BCUT2D eigenvalue weighted by Crippen LogP contribution is -2.35. The molecule has 1 aromatic rings. The van der Waals surface area contributed by atoms with Crippen LogP contribution in [-0.4, -0.2) is 30.3 Å². The Morgan fingerprint density at radius 1 is 1.35 bits per heavy atom. The maximum absolute atomic E-state index is 9.42. The maximum atomic E-state index is 9.42. The van der Waals surface area contributed by atoms with Crippen LogP contribution in [0.15, 0.2) is 18.2 Å². The average Bonchev–Trinajstić information content (AvgIpc) is 2.32. The molecule has 0 aliphatic rings. The smallest absolute Gasteiger partial charge is 0.0642 e. The lowest BCUT2D eigenvalue weighted by atomic mass is 10.1. The molecule has 0 aromatic heterocycles. The molecule has 0 heterocycles. The summed E-state index contributed by atoms with van der Waals surface area (Å²) >= 11 is 6.36. The molecule has 0 bridgehead atoms. The molecule has 1 atom stereocenters. The molecule has 2 N–H and O–H groups in total. The standard InChI is InChI=1S/C16H27ClN2O/c1-12(20)9-10-19(5)15-13(7-6-8-14(15)17)11-18-16(2,3)4/h6-8,12,18,20H,9-11H2,1-5H3. The van der Waals surface area contributed by atoms with E-state index in [2.05, 4.69) is 37.1 Å². The van der Waals surface area contributed by atoms with Gasteiger partial charge < -0.3 is 15.3 Å². The van der Waals surface area contributed by atoms with Gasteiger partial charge in [-0.1, -0.05) is 23.7 Å². The Morgan fingerprint density at radius 3 is 2.55 bits per heavy atom. The first kappa shape index (κ1) is 17.3. The Labute approximate surface area is 127 Å². The fourth-order valence-electron chi connectivity index (χ4n) is 1.98. The molecule has 1 unspecified atom stereocenters. The molecule has 114 valence electrons. The summed E-state index contributed by atoms with van der Waals surface area (Å²) in [4.78, 5) is 2.12. The van der Waals surface area contributed by atoms with Crippen LogP contribution in [0.2, 0.25) is 5.02 Å². The highest BCUT2D eigenvalue weighted by atomic mass is 35.5. The van der Waals surface area contributed by atoms with Crippen LogP contribution in [-0.2, 0) is 6.54 Å². The van der Waals surface area contributed by atoms with Gasteiger partial charge in [-0.2, -0.15) is 0 Å². The Bertz CT molecular complexity index is 427. The van der Waals surface area contributed by atoms with Crippen LogP contribution in [0, 0.1) is 0 Å². The van der Waals surface area contributed by atoms with Crippen molar-refractivity contribution in [3.05, 3.63) is 28.8 Å². The van der Waals surface area contributed by atoms with E-state index in [0.717, 1.165) is 30.2 Å². The first-order chi connectivity index (χ1) is 9.20. The number of para-hydroxylation sites is 1. The third kappa shape index (κ3) is 5.70. The molecule has 0 saturated carbocycles. The average molecular weight is 299 g/mol. The summed E-state index contributed by atoms with van der Waals surface area (Å²) < 4.78 is 0. The third-order valence-electron chi connectivity index (χ3n) is 3.14. The van der Waals surface area contributed by atoms with Crippen molar-refractivity contribution in [2.45, 2.75) is 52.3 Å². The third-order valence-corrected chi connectivity index (χ3v) is 3.45. The number of benzene rings is 1. The summed E-state index contributed by atoms with van der Waals surface area (Å²) in [6, 6.07) is 5.99. The number of aliphatic hydroxyl groups excluding tert-OH is 1. The summed E-state index contributed by atoms with van der Waals surface area (Å²) in [5.74, 6) is 0. The summed E-state index contributed by atoms with van der Waals surface area (Å²) in [7, 11) is 2.02. The van der Waals surface area contributed by atoms with Gasteiger partial charge in [-0.05, 0) is 45.7 Å². The van der Waals surface area contributed by atoms with Gasteiger partial charge in [0.15, 0.2) is 0 Å². The SMILES string of the molecule is CC(O)CCN(C)c1c(Cl)cccc1CNC(C)(C)C. The zero-order valence-corrected chi connectivity index (χ0v) is 14.0. The van der Waals surface area contributed by atoms with Gasteiger partial charge in [0.2, 0.25) is 0 Å². The number of anilines is 1. The van der Waals surface area contributed by atoms with E-state index in [-0.39, 0.29) is 11.6 Å². The molecule has 0 aliphatic carbocycles. The number of halogens is 1. The molecule has 3 nitrogen and oxygen atoms in total. The van der Waals surface area contributed by atoms with Crippen molar-refractivity contribution in [2.75, 3.05) is 18.5 Å². The molecule has 0 saturated heterocycles. The zero-order chi connectivity index (χ0) is 15.3. The summed E-state index contributed by atoms with van der Waals surface area (Å²) in [5, 5.41) is 13.7. The van der Waals surface area contributed by atoms with Crippen LogP contribution < -0.4 is 10.2 Å². The summed E-state index contributed by atoms with van der Waals surface area (Å²) in [5.41, 5.74) is 2.30. The molecule has 20 heavy (non-hydrogen) atoms. The van der Waals surface area contributed by atoms with Gasteiger partial charge in [-0.25, -0.2) is 0 Å². The second kappa shape index (κ2) is 7.30. The Morgan fingerprint density at radius 2 is 2.00 bits per heavy atom. The molecule has 0 spiro atoms. The molecule has 0 fully saturated rings. The first-order valence-electron chi connectivity index (χ1n) is 7.12. The van der Waals surface area contributed by atoms with Crippen LogP contribution >= 0.6 is 11.6 Å². The predicted molar refractivity (Wildman–Crippen MR) is 87.6 cm³/mol. The minimum atomic E-state index is -0.295. The largest absolute Gasteiger partial charge is 0.393 e. The van der Waals surface area contributed by atoms with E-state index in [1.807, 2.05) is 26.1 Å². The normalized spacial score (nSPS) is 13.3. The minimum Gasteiger partial charge on any atom is -0.393 e. The van der Waals surface area contributed by atoms with E-state index in [1.54, 1.807) is 0 Å². The van der Waals surface area contributed by atoms with Crippen LogP contribution in [0.1, 0.15) is 39.7 Å². The van der Waals surface area contributed by atoms with E-state index in [1.165, 1.54) is 5.56 Å². The number of rotatable bonds is 6. The lowest BCUT2D eigenvalue weighted by molar-refractivity contribution is 0.187. The fourth-order valence-corrected chi connectivity index (χ4v) is 2.32. The van der Waals surface area contributed by atoms with Gasteiger partial charge in [0.25, 0.3) is 0 Å². The van der Waals surface area contributed by atoms with Crippen molar-refractivity contribution in [3.63, 3.8) is 0 Å². The van der Waals surface area contributed by atoms with Crippen molar-refractivity contribution < 1.29 is 5.11 Å². The van der Waals surface area contributed by atoms with Crippen molar-refractivity contribution in [1.82, 2.24) is 5.32 Å². The second-order valence-electron chi connectivity index (χ2n) is 6.41. The molecule has 4 heteroatoms. The second-order valence-corrected chi connectivity index (χ2v) is 6.82. The van der Waals surface area contributed by atoms with E-state index < -0.39 is 0 Å². The molecule has 0 aliphatic heterocycles. The highest BCUT2D eigenvalue weighted by molar-refractivity contribution is 6.33. The Hall–Kier alpha value is -0.770. The molecule has 1 rings (SSSR count). The van der Waals surface area contributed by atoms with Gasteiger partial charge in [-0.15, -0.1) is 0 Å². The summed E-state index contributed by atoms with van der Waals surface area (Å²) in [6.45, 7) is 9.81. The number of nitrogens with zero attached hydrogens (tertiary/aromatic N) is 1. The van der Waals surface area contributed by atoms with Gasteiger partial charge in [0.05, 0.1) is 16.8 Å². The number of aliphatic hydroxyl groups is 1. The Kier molecular flexibility index (Phi) is 6.31. The van der Waals surface area contributed by atoms with Gasteiger partial charge in [0, 0.05) is 25.7 Å². The molecule has 1 aromatic carbocycles. The van der Waals surface area contributed by atoms with E-state index >= 15 is 0 Å². The van der Waals surface area contributed by atoms with E-state index in [9.17, 15) is 5.11 Å². The van der Waals surface area contributed by atoms with Crippen LogP contribution in [0.5, 0.6) is 0 Å². The van der Waals surface area contributed by atoms with Crippen molar-refractivity contribution in [1.29, 1.82) is 0 Å². The predicted octanol–water partition coefficient (Wildman–Crippen LogP) is 3.44. The van der Waals surface area contributed by atoms with Crippen molar-refractivity contribution in [2.24, 2.45) is 0 Å². The molecular formula is C16H27ClN2O. The number of hydrogen-bond acceptors (Lipinski definition) is 3. The highest BCUT2D eigenvalue weighted by Gasteiger charge is 2.15. The Balaban J connectivity index is 2.87. The fraction of sp³-hybridized carbons (Fsp3) is 0.625. The van der Waals surface area contributed by atoms with Gasteiger partial charge in [0.1, 0.15) is 0 Å². The zero-order valence-electron chi connectivity index (χ0n) is 13.2. The minimum absolute atomic E-state index is 0.0672. The lowest BCUT2D eigenvalue weighted by Gasteiger charge is -2.27. The van der Waals surface area contributed by atoms with Crippen LogP contribution in [0.3, 0.4) is 0 Å². The van der Waals surface area contributed by atoms with Gasteiger partial charge >= 0.3 is 0 Å². The van der Waals surface area contributed by atoms with E-state index in [0.29, 0.717) is 0 Å². The van der Waals surface area contributed by atoms with Crippen LogP contribution in [0.4, 0.5) is 5.69 Å². The van der Waals surface area contributed by atoms with Crippen molar-refractivity contribution in [3.8, 4) is 0 Å². The number of nitrogens with one attached hydrogen (secondary N) is 1. The monoisotopic (exact) mass is 298 g/mol. The van der Waals surface area contributed by atoms with Crippen LogP contribution in [0.25, 0.3) is 0 Å². The quantitative estimate of drug-likeness (QED) is 0.844. The topological polar surface area (TPSA) is 35.5 Å². The first-order valence-corrected chi connectivity index (χ1v) is 7.50. The number of hydrogen-bond donors (Lipinski definition) is 2. The van der Waals surface area contributed by atoms with Crippen molar-refractivity contribution >= 4 is 17.3 Å². The highest BCUT2D eigenvalue weighted by Crippen LogP contribution is 2.29. The molecular weight excluding hydrogens is 272 g/mol. The van der Waals surface area contributed by atoms with Gasteiger partial charge in [-0.3, -0.25) is 0 Å². The van der Waals surface area contributed by atoms with E-state index in [4.69, 9.17) is 11.6 Å². The summed E-state index contributed by atoms with van der Waals surface area (Å²) in [6.07, 6.45) is 0.435. The maximum Gasteiger partial charge on any atom is 0.0642 e. The molecule has 0 amide bonds.